The van der Waals surface area contributed by atoms with E-state index in [2.05, 4.69) is 6.92 Å². The molecule has 2 unspecified atom stereocenters. The van der Waals surface area contributed by atoms with Crippen LogP contribution in [0, 0.1) is 17.3 Å². The lowest BCUT2D eigenvalue weighted by molar-refractivity contribution is -0.142. The standard InChI is InChI=1S/C15H23ClO/c1-2-3-4-13(17)14-6-11-5-12(7-14)9-15(16,8-11)10-14/h11-12H,2-10H2,1H3. The summed E-state index contributed by atoms with van der Waals surface area (Å²) in [5, 5.41) is 0. The van der Waals surface area contributed by atoms with Gasteiger partial charge in [0.1, 0.15) is 5.78 Å². The predicted octanol–water partition coefficient (Wildman–Crippen LogP) is 4.32. The van der Waals surface area contributed by atoms with Crippen LogP contribution in [0.25, 0.3) is 0 Å². The molecule has 17 heavy (non-hydrogen) atoms. The van der Waals surface area contributed by atoms with E-state index in [-0.39, 0.29) is 10.3 Å². The normalized spacial score (nSPS) is 47.4. The van der Waals surface area contributed by atoms with Crippen molar-refractivity contribution in [1.82, 2.24) is 0 Å². The largest absolute Gasteiger partial charge is 0.299 e. The molecule has 0 spiro atoms. The van der Waals surface area contributed by atoms with Gasteiger partial charge in [-0.2, -0.15) is 0 Å². The van der Waals surface area contributed by atoms with E-state index in [0.717, 1.165) is 50.4 Å². The number of carbonyl (C=O) groups is 1. The SMILES string of the molecule is CCCCC(=O)C12CC3CC(CC(Cl)(C3)C1)C2. The lowest BCUT2D eigenvalue weighted by Crippen LogP contribution is -2.55. The van der Waals surface area contributed by atoms with Crippen molar-refractivity contribution in [2.45, 2.75) is 69.6 Å². The summed E-state index contributed by atoms with van der Waals surface area (Å²) in [5.74, 6) is 2.04. The van der Waals surface area contributed by atoms with Gasteiger partial charge in [0.05, 0.1) is 0 Å². The van der Waals surface area contributed by atoms with Gasteiger partial charge in [-0.25, -0.2) is 0 Å². The minimum Gasteiger partial charge on any atom is -0.299 e. The molecule has 4 rings (SSSR count). The molecule has 2 atom stereocenters. The predicted molar refractivity (Wildman–Crippen MR) is 70.2 cm³/mol. The summed E-state index contributed by atoms with van der Waals surface area (Å²) in [6.07, 6.45) is 9.96. The summed E-state index contributed by atoms with van der Waals surface area (Å²) in [7, 11) is 0. The number of halogens is 1. The number of unbranched alkanes of at least 4 members (excludes halogenated alkanes) is 1. The summed E-state index contributed by atoms with van der Waals surface area (Å²) in [5.41, 5.74) is 0.000995. The molecular formula is C15H23ClO. The molecule has 0 heterocycles. The first-order valence-corrected chi connectivity index (χ1v) is 7.65. The summed E-state index contributed by atoms with van der Waals surface area (Å²) in [6.45, 7) is 2.16. The van der Waals surface area contributed by atoms with Crippen LogP contribution in [0.5, 0.6) is 0 Å². The monoisotopic (exact) mass is 254 g/mol. The molecule has 2 heteroatoms. The van der Waals surface area contributed by atoms with E-state index in [9.17, 15) is 4.79 Å². The maximum absolute atomic E-state index is 12.5. The quantitative estimate of drug-likeness (QED) is 0.683. The Labute approximate surface area is 109 Å². The maximum Gasteiger partial charge on any atom is 0.139 e. The van der Waals surface area contributed by atoms with E-state index in [1.54, 1.807) is 0 Å². The van der Waals surface area contributed by atoms with E-state index in [1.807, 2.05) is 0 Å². The smallest absolute Gasteiger partial charge is 0.139 e. The average molecular weight is 255 g/mol. The maximum atomic E-state index is 12.5. The molecular weight excluding hydrogens is 232 g/mol. The molecule has 96 valence electrons. The van der Waals surface area contributed by atoms with Gasteiger partial charge in [0.25, 0.3) is 0 Å². The fourth-order valence-electron chi connectivity index (χ4n) is 5.08. The Bertz CT molecular complexity index is 322. The van der Waals surface area contributed by atoms with Gasteiger partial charge < -0.3 is 0 Å². The zero-order valence-electron chi connectivity index (χ0n) is 10.8. The lowest BCUT2D eigenvalue weighted by Gasteiger charge is -2.59. The second-order valence-corrected chi connectivity index (χ2v) is 7.72. The first kappa shape index (κ1) is 12.0. The van der Waals surface area contributed by atoms with Crippen LogP contribution in [0.2, 0.25) is 0 Å². The zero-order valence-corrected chi connectivity index (χ0v) is 11.6. The highest BCUT2D eigenvalue weighted by Gasteiger charge is 2.59. The molecule has 4 aliphatic rings. The Morgan fingerprint density at radius 1 is 1.24 bits per heavy atom. The van der Waals surface area contributed by atoms with Gasteiger partial charge in [-0.05, 0) is 56.8 Å². The van der Waals surface area contributed by atoms with Crippen LogP contribution < -0.4 is 0 Å². The first-order valence-electron chi connectivity index (χ1n) is 7.27. The van der Waals surface area contributed by atoms with Crippen molar-refractivity contribution in [1.29, 1.82) is 0 Å². The Morgan fingerprint density at radius 2 is 1.88 bits per heavy atom. The molecule has 4 fully saturated rings. The van der Waals surface area contributed by atoms with Gasteiger partial charge in [-0.3, -0.25) is 4.79 Å². The molecule has 0 aromatic heterocycles. The number of rotatable bonds is 4. The van der Waals surface area contributed by atoms with E-state index < -0.39 is 0 Å². The van der Waals surface area contributed by atoms with E-state index in [0.29, 0.717) is 5.78 Å². The Morgan fingerprint density at radius 3 is 2.41 bits per heavy atom. The topological polar surface area (TPSA) is 17.1 Å². The van der Waals surface area contributed by atoms with Crippen molar-refractivity contribution in [2.24, 2.45) is 17.3 Å². The molecule has 1 nitrogen and oxygen atoms in total. The summed E-state index contributed by atoms with van der Waals surface area (Å²) >= 11 is 6.75. The number of hydrogen-bond donors (Lipinski definition) is 0. The first-order chi connectivity index (χ1) is 8.05. The van der Waals surface area contributed by atoms with Crippen molar-refractivity contribution in [2.75, 3.05) is 0 Å². The van der Waals surface area contributed by atoms with Crippen LogP contribution in [0.4, 0.5) is 0 Å². The van der Waals surface area contributed by atoms with E-state index in [1.165, 1.54) is 19.3 Å². The Kier molecular flexibility index (Phi) is 2.81. The van der Waals surface area contributed by atoms with Gasteiger partial charge in [0.15, 0.2) is 0 Å². The molecule has 0 aromatic carbocycles. The van der Waals surface area contributed by atoms with Crippen molar-refractivity contribution in [3.05, 3.63) is 0 Å². The molecule has 4 aliphatic carbocycles. The van der Waals surface area contributed by atoms with Gasteiger partial charge in [-0.15, -0.1) is 11.6 Å². The molecule has 0 amide bonds. The Balaban J connectivity index is 1.81. The second kappa shape index (κ2) is 3.98. The minimum atomic E-state index is -0.00798. The number of ketones is 1. The highest BCUT2D eigenvalue weighted by Crippen LogP contribution is 2.64. The van der Waals surface area contributed by atoms with Gasteiger partial charge >= 0.3 is 0 Å². The summed E-state index contributed by atoms with van der Waals surface area (Å²) < 4.78 is 0. The molecule has 4 bridgehead atoms. The number of hydrogen-bond acceptors (Lipinski definition) is 1. The van der Waals surface area contributed by atoms with Crippen LogP contribution in [-0.2, 0) is 4.79 Å². The fourth-order valence-corrected chi connectivity index (χ4v) is 5.77. The van der Waals surface area contributed by atoms with Crippen LogP contribution in [-0.4, -0.2) is 10.7 Å². The number of carbonyl (C=O) groups excluding carboxylic acids is 1. The van der Waals surface area contributed by atoms with Crippen LogP contribution >= 0.6 is 11.6 Å². The van der Waals surface area contributed by atoms with Crippen molar-refractivity contribution in [3.8, 4) is 0 Å². The second-order valence-electron chi connectivity index (χ2n) is 6.92. The lowest BCUT2D eigenvalue weighted by atomic mass is 9.48. The molecule has 0 aliphatic heterocycles. The third kappa shape index (κ3) is 1.95. The highest BCUT2D eigenvalue weighted by atomic mass is 35.5. The number of alkyl halides is 1. The Hall–Kier alpha value is -0.0400. The van der Waals surface area contributed by atoms with Crippen molar-refractivity contribution < 1.29 is 4.79 Å². The van der Waals surface area contributed by atoms with E-state index >= 15 is 0 Å². The van der Waals surface area contributed by atoms with Gasteiger partial charge in [0.2, 0.25) is 0 Å². The highest BCUT2D eigenvalue weighted by molar-refractivity contribution is 6.24. The number of Topliss-reactive ketones (excluding diaryl/α,β-unsaturated/α-hetero) is 1. The van der Waals surface area contributed by atoms with Crippen molar-refractivity contribution in [3.63, 3.8) is 0 Å². The minimum absolute atomic E-state index is 0.000995. The van der Waals surface area contributed by atoms with E-state index in [4.69, 9.17) is 11.6 Å². The van der Waals surface area contributed by atoms with Gasteiger partial charge in [0, 0.05) is 16.7 Å². The molecule has 0 radical (unpaired) electrons. The van der Waals surface area contributed by atoms with Crippen LogP contribution in [0.1, 0.15) is 64.7 Å². The van der Waals surface area contributed by atoms with Gasteiger partial charge in [-0.1, -0.05) is 13.3 Å². The van der Waals surface area contributed by atoms with Crippen LogP contribution in [0.15, 0.2) is 0 Å². The fraction of sp³-hybridized carbons (Fsp3) is 0.933. The summed E-state index contributed by atoms with van der Waals surface area (Å²) in [4.78, 5) is 12.5. The third-order valence-corrected chi connectivity index (χ3v) is 5.78. The van der Waals surface area contributed by atoms with Crippen molar-refractivity contribution >= 4 is 17.4 Å². The molecule has 4 saturated carbocycles. The molecule has 0 saturated heterocycles. The summed E-state index contributed by atoms with van der Waals surface area (Å²) in [6, 6.07) is 0. The molecule has 0 N–H and O–H groups in total. The molecule has 0 aromatic rings. The zero-order chi connectivity index (χ0) is 12.1. The third-order valence-electron chi connectivity index (χ3n) is 5.34. The van der Waals surface area contributed by atoms with Crippen LogP contribution in [0.3, 0.4) is 0 Å². The average Bonchev–Trinajstić information content (AvgIpc) is 2.22.